The summed E-state index contributed by atoms with van der Waals surface area (Å²) in [5.74, 6) is 0.802. The average molecular weight is 210 g/mol. The summed E-state index contributed by atoms with van der Waals surface area (Å²) in [6, 6.07) is 5.14. The van der Waals surface area contributed by atoms with E-state index in [4.69, 9.17) is 4.74 Å². The third kappa shape index (κ3) is 2.42. The molecule has 0 aromatic heterocycles. The van der Waals surface area contributed by atoms with Crippen LogP contribution < -0.4 is 4.74 Å². The molecule has 0 aliphatic carbocycles. The Bertz CT molecular complexity index is 332. The Morgan fingerprint density at radius 3 is 2.53 bits per heavy atom. The van der Waals surface area contributed by atoms with Crippen molar-refractivity contribution in [3.8, 4) is 11.5 Å². The molecule has 0 saturated heterocycles. The molecule has 0 bridgehead atoms. The lowest BCUT2D eigenvalue weighted by Crippen LogP contribution is -2.23. The molecule has 3 heteroatoms. The summed E-state index contributed by atoms with van der Waals surface area (Å²) in [4.78, 5) is 0. The Morgan fingerprint density at radius 2 is 2.00 bits per heavy atom. The Balaban J connectivity index is 3.24. The van der Waals surface area contributed by atoms with Crippen molar-refractivity contribution >= 4 is 0 Å². The second-order valence-corrected chi connectivity index (χ2v) is 4.13. The van der Waals surface area contributed by atoms with Gasteiger partial charge in [0.25, 0.3) is 0 Å². The maximum atomic E-state index is 9.79. The summed E-state index contributed by atoms with van der Waals surface area (Å²) in [5.41, 5.74) is 0.157. The van der Waals surface area contributed by atoms with E-state index in [1.807, 2.05) is 20.8 Å². The number of hydrogen-bond acceptors (Lipinski definition) is 3. The van der Waals surface area contributed by atoms with Crippen molar-refractivity contribution in [3.63, 3.8) is 0 Å². The van der Waals surface area contributed by atoms with Gasteiger partial charge in [0.1, 0.15) is 11.5 Å². The largest absolute Gasteiger partial charge is 0.508 e. The molecule has 0 amide bonds. The highest BCUT2D eigenvalue weighted by molar-refractivity contribution is 5.48. The van der Waals surface area contributed by atoms with Crippen molar-refractivity contribution in [2.75, 3.05) is 13.2 Å². The summed E-state index contributed by atoms with van der Waals surface area (Å²) in [7, 11) is 0. The first kappa shape index (κ1) is 11.9. The van der Waals surface area contributed by atoms with Crippen molar-refractivity contribution < 1.29 is 14.9 Å². The van der Waals surface area contributed by atoms with Crippen molar-refractivity contribution in [1.82, 2.24) is 0 Å². The van der Waals surface area contributed by atoms with E-state index in [1.165, 1.54) is 0 Å². The van der Waals surface area contributed by atoms with E-state index in [-0.39, 0.29) is 12.4 Å². The fourth-order valence-electron chi connectivity index (χ4n) is 1.55. The number of phenolic OH excluding ortho intramolecular Hbond substituents is 1. The minimum Gasteiger partial charge on any atom is -0.508 e. The standard InChI is InChI=1S/C12H18O3/c1-4-15-10-7-5-6-9(14)11(10)12(2,3)8-13/h5-7,13-14H,4,8H2,1-3H3. The molecule has 3 nitrogen and oxygen atoms in total. The topological polar surface area (TPSA) is 49.7 Å². The van der Waals surface area contributed by atoms with Gasteiger partial charge in [0.05, 0.1) is 13.2 Å². The number of benzene rings is 1. The van der Waals surface area contributed by atoms with Gasteiger partial charge in [-0.25, -0.2) is 0 Å². The normalized spacial score (nSPS) is 11.5. The molecular weight excluding hydrogens is 192 g/mol. The molecule has 0 heterocycles. The number of phenols is 1. The van der Waals surface area contributed by atoms with Gasteiger partial charge in [0.2, 0.25) is 0 Å². The molecule has 1 rings (SSSR count). The molecule has 1 aromatic rings. The van der Waals surface area contributed by atoms with Crippen LogP contribution in [0.25, 0.3) is 0 Å². The second kappa shape index (κ2) is 4.53. The van der Waals surface area contributed by atoms with Gasteiger partial charge in [0.15, 0.2) is 0 Å². The molecule has 15 heavy (non-hydrogen) atoms. The monoisotopic (exact) mass is 210 g/mol. The van der Waals surface area contributed by atoms with Gasteiger partial charge in [-0.05, 0) is 19.1 Å². The molecule has 0 atom stereocenters. The molecule has 0 aliphatic heterocycles. The van der Waals surface area contributed by atoms with Crippen LogP contribution in [0, 0.1) is 0 Å². The Morgan fingerprint density at radius 1 is 1.33 bits per heavy atom. The third-order valence-electron chi connectivity index (χ3n) is 2.38. The summed E-state index contributed by atoms with van der Waals surface area (Å²) < 4.78 is 5.43. The van der Waals surface area contributed by atoms with Crippen LogP contribution in [-0.2, 0) is 5.41 Å². The van der Waals surface area contributed by atoms with Crippen molar-refractivity contribution in [2.24, 2.45) is 0 Å². The number of aliphatic hydroxyl groups excluding tert-OH is 1. The highest BCUT2D eigenvalue weighted by atomic mass is 16.5. The van der Waals surface area contributed by atoms with Gasteiger partial charge in [-0.3, -0.25) is 0 Å². The zero-order chi connectivity index (χ0) is 11.5. The van der Waals surface area contributed by atoms with Crippen LogP contribution in [0.5, 0.6) is 11.5 Å². The van der Waals surface area contributed by atoms with E-state index in [9.17, 15) is 10.2 Å². The number of aromatic hydroxyl groups is 1. The lowest BCUT2D eigenvalue weighted by molar-refractivity contribution is 0.209. The molecule has 0 spiro atoms. The fourth-order valence-corrected chi connectivity index (χ4v) is 1.55. The highest BCUT2D eigenvalue weighted by Gasteiger charge is 2.27. The van der Waals surface area contributed by atoms with Gasteiger partial charge in [-0.2, -0.15) is 0 Å². The zero-order valence-electron chi connectivity index (χ0n) is 9.45. The minimum atomic E-state index is -0.504. The van der Waals surface area contributed by atoms with Crippen LogP contribution in [0.1, 0.15) is 26.3 Å². The van der Waals surface area contributed by atoms with E-state index in [0.29, 0.717) is 17.9 Å². The highest BCUT2D eigenvalue weighted by Crippen LogP contribution is 2.37. The van der Waals surface area contributed by atoms with Crippen molar-refractivity contribution in [2.45, 2.75) is 26.2 Å². The molecule has 0 aliphatic rings. The molecule has 84 valence electrons. The van der Waals surface area contributed by atoms with Gasteiger partial charge in [0, 0.05) is 11.0 Å². The summed E-state index contributed by atoms with van der Waals surface area (Å²) >= 11 is 0. The number of hydrogen-bond donors (Lipinski definition) is 2. The van der Waals surface area contributed by atoms with Gasteiger partial charge < -0.3 is 14.9 Å². The van der Waals surface area contributed by atoms with E-state index in [0.717, 1.165) is 0 Å². The Labute approximate surface area is 90.3 Å². The van der Waals surface area contributed by atoms with Crippen LogP contribution in [0.15, 0.2) is 18.2 Å². The smallest absolute Gasteiger partial charge is 0.126 e. The molecule has 1 aromatic carbocycles. The quantitative estimate of drug-likeness (QED) is 0.799. The second-order valence-electron chi connectivity index (χ2n) is 4.13. The van der Waals surface area contributed by atoms with E-state index >= 15 is 0 Å². The average Bonchev–Trinajstić information content (AvgIpc) is 2.18. The first-order valence-electron chi connectivity index (χ1n) is 5.09. The zero-order valence-corrected chi connectivity index (χ0v) is 9.45. The summed E-state index contributed by atoms with van der Waals surface area (Å²) in [6.45, 7) is 6.12. The van der Waals surface area contributed by atoms with Crippen LogP contribution >= 0.6 is 0 Å². The van der Waals surface area contributed by atoms with Crippen LogP contribution in [0.4, 0.5) is 0 Å². The molecule has 0 radical (unpaired) electrons. The van der Waals surface area contributed by atoms with E-state index < -0.39 is 5.41 Å². The Kier molecular flexibility index (Phi) is 3.58. The van der Waals surface area contributed by atoms with E-state index in [1.54, 1.807) is 18.2 Å². The number of aliphatic hydroxyl groups is 1. The molecule has 0 fully saturated rings. The molecule has 0 saturated carbocycles. The first-order chi connectivity index (χ1) is 7.03. The third-order valence-corrected chi connectivity index (χ3v) is 2.38. The number of ether oxygens (including phenoxy) is 1. The predicted molar refractivity (Wildman–Crippen MR) is 59.4 cm³/mol. The van der Waals surface area contributed by atoms with Crippen molar-refractivity contribution in [3.05, 3.63) is 23.8 Å². The molecule has 2 N–H and O–H groups in total. The van der Waals surface area contributed by atoms with Crippen LogP contribution in [0.3, 0.4) is 0 Å². The van der Waals surface area contributed by atoms with E-state index in [2.05, 4.69) is 0 Å². The van der Waals surface area contributed by atoms with Crippen molar-refractivity contribution in [1.29, 1.82) is 0 Å². The molecule has 0 unspecified atom stereocenters. The number of rotatable bonds is 4. The molecular formula is C12H18O3. The lowest BCUT2D eigenvalue weighted by Gasteiger charge is -2.25. The lowest BCUT2D eigenvalue weighted by atomic mass is 9.84. The summed E-state index contributed by atoms with van der Waals surface area (Å²) in [6.07, 6.45) is 0. The van der Waals surface area contributed by atoms with Gasteiger partial charge >= 0.3 is 0 Å². The maximum Gasteiger partial charge on any atom is 0.126 e. The van der Waals surface area contributed by atoms with Gasteiger partial charge in [-0.1, -0.05) is 19.9 Å². The van der Waals surface area contributed by atoms with Crippen LogP contribution in [-0.4, -0.2) is 23.4 Å². The van der Waals surface area contributed by atoms with Crippen LogP contribution in [0.2, 0.25) is 0 Å². The Hall–Kier alpha value is -1.22. The first-order valence-corrected chi connectivity index (χ1v) is 5.09. The fraction of sp³-hybridized carbons (Fsp3) is 0.500. The summed E-state index contributed by atoms with van der Waals surface area (Å²) in [5, 5.41) is 19.1. The predicted octanol–water partition coefficient (Wildman–Crippen LogP) is 2.06. The maximum absolute atomic E-state index is 9.79. The SMILES string of the molecule is CCOc1cccc(O)c1C(C)(C)CO. The van der Waals surface area contributed by atoms with Gasteiger partial charge in [-0.15, -0.1) is 0 Å². The minimum absolute atomic E-state index is 0.0371.